The van der Waals surface area contributed by atoms with Crippen LogP contribution in [0, 0.1) is 5.92 Å². The number of primary amides is 1. The normalized spacial score (nSPS) is 13.6. The van der Waals surface area contributed by atoms with Gasteiger partial charge in [0.2, 0.25) is 17.7 Å². The Morgan fingerprint density at radius 3 is 2.19 bits per heavy atom. The molecule has 2 atom stereocenters. The average Bonchev–Trinajstić information content (AvgIpc) is 3.36. The molecule has 0 bridgehead atoms. The molecule has 1 unspecified atom stereocenters. The van der Waals surface area contributed by atoms with Crippen molar-refractivity contribution in [2.75, 3.05) is 38.5 Å². The van der Waals surface area contributed by atoms with E-state index in [0.717, 1.165) is 4.90 Å². The zero-order chi connectivity index (χ0) is 35.6. The van der Waals surface area contributed by atoms with Crippen molar-refractivity contribution in [2.45, 2.75) is 71.1 Å². The molecule has 0 aromatic heterocycles. The van der Waals surface area contributed by atoms with Crippen molar-refractivity contribution < 1.29 is 38.3 Å². The number of hydrogen-bond acceptors (Lipinski definition) is 9. The summed E-state index contributed by atoms with van der Waals surface area (Å²) in [5.74, 6) is -2.39. The molecule has 1 aliphatic rings. The van der Waals surface area contributed by atoms with Gasteiger partial charge >= 0.3 is 12.1 Å². The van der Waals surface area contributed by atoms with Crippen molar-refractivity contribution in [3.63, 3.8) is 0 Å². The lowest BCUT2D eigenvalue weighted by molar-refractivity contribution is -0.137. The summed E-state index contributed by atoms with van der Waals surface area (Å²) in [7, 11) is 1.58. The molecule has 8 amide bonds. The first-order valence-electron chi connectivity index (χ1n) is 16.0. The zero-order valence-corrected chi connectivity index (χ0v) is 27.8. The third kappa shape index (κ3) is 13.8. The summed E-state index contributed by atoms with van der Waals surface area (Å²) in [6.07, 6.45) is 4.21. The van der Waals surface area contributed by atoms with Gasteiger partial charge in [-0.15, -0.1) is 0 Å². The molecule has 0 radical (unpaired) electrons. The molecule has 16 nitrogen and oxygen atoms in total. The number of nitrogens with two attached hydrogens (primary N) is 2. The molecular formula is C32H48N8O8. The Balaban J connectivity index is 1.94. The summed E-state index contributed by atoms with van der Waals surface area (Å²) in [4.78, 5) is 88.3. The smallest absolute Gasteiger partial charge is 0.409 e. The van der Waals surface area contributed by atoms with E-state index < -0.39 is 36.0 Å². The summed E-state index contributed by atoms with van der Waals surface area (Å²) in [6, 6.07) is 3.99. The maximum absolute atomic E-state index is 13.4. The van der Waals surface area contributed by atoms with Crippen LogP contribution in [0.5, 0.6) is 0 Å². The first kappa shape index (κ1) is 39.2. The largest absolute Gasteiger partial charge is 0.445 e. The van der Waals surface area contributed by atoms with E-state index in [1.54, 1.807) is 45.2 Å². The first-order valence-corrected chi connectivity index (χ1v) is 16.0. The fourth-order valence-electron chi connectivity index (χ4n) is 4.67. The highest BCUT2D eigenvalue weighted by Gasteiger charge is 2.29. The predicted octanol–water partition coefficient (Wildman–Crippen LogP) is 0.712. The molecule has 1 aromatic rings. The van der Waals surface area contributed by atoms with Crippen LogP contribution in [-0.4, -0.2) is 96.8 Å². The van der Waals surface area contributed by atoms with Gasteiger partial charge in [-0.3, -0.25) is 28.9 Å². The van der Waals surface area contributed by atoms with Crippen LogP contribution in [0.25, 0.3) is 0 Å². The van der Waals surface area contributed by atoms with E-state index >= 15 is 0 Å². The quantitative estimate of drug-likeness (QED) is 0.0844. The molecule has 0 spiro atoms. The number of carbonyl (C=O) groups is 7. The van der Waals surface area contributed by atoms with Crippen molar-refractivity contribution in [3.05, 3.63) is 42.0 Å². The Morgan fingerprint density at radius 2 is 1.58 bits per heavy atom. The molecular weight excluding hydrogens is 624 g/mol. The van der Waals surface area contributed by atoms with Gasteiger partial charge in [0.15, 0.2) is 0 Å². The number of rotatable bonds is 20. The number of nitrogens with zero attached hydrogens (tertiary/aromatic N) is 2. The minimum Gasteiger partial charge on any atom is -0.445 e. The van der Waals surface area contributed by atoms with E-state index in [2.05, 4.69) is 21.3 Å². The highest BCUT2D eigenvalue weighted by molar-refractivity contribution is 6.12. The Kier molecular flexibility index (Phi) is 16.6. The van der Waals surface area contributed by atoms with Gasteiger partial charge in [-0.05, 0) is 49.3 Å². The number of hydrogen-bond donors (Lipinski definition) is 6. The molecule has 48 heavy (non-hydrogen) atoms. The molecule has 1 aliphatic heterocycles. The predicted molar refractivity (Wildman–Crippen MR) is 177 cm³/mol. The number of unbranched alkanes of at least 4 members (excludes halogenated alkanes) is 2. The molecule has 2 rings (SSSR count). The molecule has 0 aliphatic carbocycles. The van der Waals surface area contributed by atoms with E-state index in [0.29, 0.717) is 50.0 Å². The second kappa shape index (κ2) is 20.3. The molecule has 1 heterocycles. The van der Waals surface area contributed by atoms with Gasteiger partial charge in [-0.2, -0.15) is 0 Å². The topological polar surface area (TPSA) is 235 Å². The monoisotopic (exact) mass is 672 g/mol. The second-order valence-corrected chi connectivity index (χ2v) is 11.7. The summed E-state index contributed by atoms with van der Waals surface area (Å²) in [6.45, 7) is 4.68. The summed E-state index contributed by atoms with van der Waals surface area (Å²) < 4.78 is 5.25. The molecule has 8 N–H and O–H groups in total. The molecule has 0 fully saturated rings. The first-order chi connectivity index (χ1) is 22.8. The Morgan fingerprint density at radius 1 is 0.917 bits per heavy atom. The number of likely N-dealkylation sites (N-methyl/N-ethyl adjacent to an activating group) is 1. The van der Waals surface area contributed by atoms with Crippen LogP contribution in [0.4, 0.5) is 15.3 Å². The Labute approximate surface area is 280 Å². The average molecular weight is 673 g/mol. The fourth-order valence-corrected chi connectivity index (χ4v) is 4.67. The van der Waals surface area contributed by atoms with Crippen molar-refractivity contribution in [1.29, 1.82) is 0 Å². The lowest BCUT2D eigenvalue weighted by atomic mass is 10.0. The maximum Gasteiger partial charge on any atom is 0.409 e. The number of benzene rings is 1. The minimum absolute atomic E-state index is 0.0220. The van der Waals surface area contributed by atoms with E-state index in [-0.39, 0.29) is 56.2 Å². The van der Waals surface area contributed by atoms with Gasteiger partial charge < -0.3 is 42.4 Å². The summed E-state index contributed by atoms with van der Waals surface area (Å²) in [5, 5.41) is 10.7. The van der Waals surface area contributed by atoms with Crippen molar-refractivity contribution in [2.24, 2.45) is 17.4 Å². The van der Waals surface area contributed by atoms with Crippen LogP contribution >= 0.6 is 0 Å². The van der Waals surface area contributed by atoms with Crippen LogP contribution in [0.1, 0.15) is 57.9 Å². The van der Waals surface area contributed by atoms with Gasteiger partial charge in [-0.1, -0.05) is 32.4 Å². The van der Waals surface area contributed by atoms with Gasteiger partial charge in [0.25, 0.3) is 11.8 Å². The van der Waals surface area contributed by atoms with E-state index in [9.17, 15) is 33.6 Å². The standard InChI is InChI=1S/C32H48N8O8/c1-21(2)28(38-25(41)9-5-4-6-18-40-26(42)14-15-27(40)43)30(45)37-24(8-7-17-35-31(34)46)29(44)36-23-12-10-22(11-13-23)20-48-32(47)39(3)19-16-33/h10-15,21,24,28H,4-9,16-20,33H2,1-3H3,(H,36,44)(H,37,45)(H,38,41)(H3,34,35,46)/t24-,28?/m0/s1. The number of amides is 8. The number of imide groups is 1. The lowest BCUT2D eigenvalue weighted by Gasteiger charge is -2.25. The third-order valence-corrected chi connectivity index (χ3v) is 7.41. The maximum atomic E-state index is 13.4. The lowest BCUT2D eigenvalue weighted by Crippen LogP contribution is -2.54. The van der Waals surface area contributed by atoms with Crippen molar-refractivity contribution in [1.82, 2.24) is 25.8 Å². The molecule has 0 saturated carbocycles. The van der Waals surface area contributed by atoms with Crippen LogP contribution in [0.15, 0.2) is 36.4 Å². The highest BCUT2D eigenvalue weighted by atomic mass is 16.6. The SMILES string of the molecule is CC(C)C(NC(=O)CCCCCN1C(=O)C=CC1=O)C(=O)N[C@@H](CCCNC(N)=O)C(=O)Nc1ccc(COC(=O)N(C)CCN)cc1. The van der Waals surface area contributed by atoms with Crippen LogP contribution < -0.4 is 32.7 Å². The van der Waals surface area contributed by atoms with Gasteiger partial charge in [0.05, 0.1) is 0 Å². The minimum atomic E-state index is -1.01. The van der Waals surface area contributed by atoms with Gasteiger partial charge in [0.1, 0.15) is 18.7 Å². The highest BCUT2D eigenvalue weighted by Crippen LogP contribution is 2.14. The Hall–Kier alpha value is -4.99. The summed E-state index contributed by atoms with van der Waals surface area (Å²) >= 11 is 0. The van der Waals surface area contributed by atoms with Crippen LogP contribution in [-0.2, 0) is 35.3 Å². The number of ether oxygens (including phenoxy) is 1. The number of anilines is 1. The second-order valence-electron chi connectivity index (χ2n) is 11.7. The molecule has 1 aromatic carbocycles. The van der Waals surface area contributed by atoms with Crippen LogP contribution in [0.3, 0.4) is 0 Å². The molecule has 16 heteroatoms. The van der Waals surface area contributed by atoms with E-state index in [1.807, 2.05) is 0 Å². The zero-order valence-electron chi connectivity index (χ0n) is 27.8. The van der Waals surface area contributed by atoms with E-state index in [4.69, 9.17) is 16.2 Å². The Bertz CT molecular complexity index is 1300. The van der Waals surface area contributed by atoms with Crippen LogP contribution in [0.2, 0.25) is 0 Å². The molecule has 264 valence electrons. The third-order valence-electron chi connectivity index (χ3n) is 7.41. The number of nitrogens with one attached hydrogen (secondary N) is 4. The number of urea groups is 1. The van der Waals surface area contributed by atoms with Crippen molar-refractivity contribution >= 4 is 47.3 Å². The number of carbonyl (C=O) groups excluding carboxylic acids is 7. The van der Waals surface area contributed by atoms with E-state index in [1.165, 1.54) is 17.1 Å². The molecule has 0 saturated heterocycles. The van der Waals surface area contributed by atoms with Crippen molar-refractivity contribution in [3.8, 4) is 0 Å². The van der Waals surface area contributed by atoms with Gasteiger partial charge in [-0.25, -0.2) is 9.59 Å². The fraction of sp³-hybridized carbons (Fsp3) is 0.531. The summed E-state index contributed by atoms with van der Waals surface area (Å²) in [5.41, 5.74) is 11.7. The van der Waals surface area contributed by atoms with Gasteiger partial charge in [0, 0.05) is 57.5 Å².